The van der Waals surface area contributed by atoms with Crippen LogP contribution in [0.5, 0.6) is 0 Å². The average Bonchev–Trinajstić information content (AvgIpc) is 2.40. The Labute approximate surface area is 132 Å². The van der Waals surface area contributed by atoms with E-state index in [1.165, 1.54) is 6.08 Å². The Morgan fingerprint density at radius 2 is 1.73 bits per heavy atom. The molecule has 0 spiro atoms. The van der Waals surface area contributed by atoms with Crippen molar-refractivity contribution in [2.24, 2.45) is 11.3 Å². The molecule has 0 heterocycles. The van der Waals surface area contributed by atoms with E-state index in [0.717, 1.165) is 19.3 Å². The lowest BCUT2D eigenvalue weighted by Gasteiger charge is -2.67. The van der Waals surface area contributed by atoms with Gasteiger partial charge in [-0.3, -0.25) is 0 Å². The third-order valence-electron chi connectivity index (χ3n) is 6.58. The number of ether oxygens (including phenoxy) is 1. The normalized spacial score (nSPS) is 43.2. The van der Waals surface area contributed by atoms with Gasteiger partial charge in [-0.25, -0.2) is 4.79 Å². The molecule has 2 atom stereocenters. The molecule has 0 amide bonds. The molecular formula is C18H28O4. The third-order valence-corrected chi connectivity index (χ3v) is 6.58. The number of hydrogen-bond acceptors (Lipinski definition) is 4. The molecule has 0 aromatic heterocycles. The molecule has 124 valence electrons. The van der Waals surface area contributed by atoms with Crippen LogP contribution in [-0.4, -0.2) is 33.0 Å². The van der Waals surface area contributed by atoms with Gasteiger partial charge < -0.3 is 14.9 Å². The van der Waals surface area contributed by atoms with Crippen LogP contribution in [0.25, 0.3) is 0 Å². The molecule has 4 bridgehead atoms. The van der Waals surface area contributed by atoms with Crippen LogP contribution >= 0.6 is 0 Å². The van der Waals surface area contributed by atoms with Gasteiger partial charge in [-0.15, -0.1) is 0 Å². The first-order chi connectivity index (χ1) is 10.2. The van der Waals surface area contributed by atoms with Crippen molar-refractivity contribution in [3.63, 3.8) is 0 Å². The first kappa shape index (κ1) is 16.0. The van der Waals surface area contributed by atoms with Crippen LogP contribution in [0.4, 0.5) is 0 Å². The van der Waals surface area contributed by atoms with Crippen LogP contribution in [0.15, 0.2) is 12.7 Å². The zero-order chi connectivity index (χ0) is 16.2. The highest BCUT2D eigenvalue weighted by Crippen LogP contribution is 2.68. The fraction of sp³-hybridized carbons (Fsp3) is 0.833. The summed E-state index contributed by atoms with van der Waals surface area (Å²) in [6.07, 6.45) is 6.82. The molecule has 4 aliphatic carbocycles. The molecule has 0 saturated heterocycles. The van der Waals surface area contributed by atoms with E-state index in [4.69, 9.17) is 4.74 Å². The van der Waals surface area contributed by atoms with Gasteiger partial charge in [0.05, 0.1) is 11.2 Å². The van der Waals surface area contributed by atoms with E-state index in [1.807, 2.05) is 13.8 Å². The Balaban J connectivity index is 2.03. The van der Waals surface area contributed by atoms with E-state index < -0.39 is 22.8 Å². The minimum atomic E-state index is -0.801. The van der Waals surface area contributed by atoms with E-state index in [-0.39, 0.29) is 5.41 Å². The van der Waals surface area contributed by atoms with Crippen LogP contribution in [0.2, 0.25) is 0 Å². The molecule has 4 saturated carbocycles. The maximum absolute atomic E-state index is 11.9. The summed E-state index contributed by atoms with van der Waals surface area (Å²) in [5, 5.41) is 21.9. The van der Waals surface area contributed by atoms with E-state index in [1.54, 1.807) is 0 Å². The van der Waals surface area contributed by atoms with E-state index >= 15 is 0 Å². The molecule has 0 radical (unpaired) electrons. The zero-order valence-electron chi connectivity index (χ0n) is 13.7. The first-order valence-electron chi connectivity index (χ1n) is 8.53. The highest BCUT2D eigenvalue weighted by molar-refractivity contribution is 5.81. The second-order valence-electron chi connectivity index (χ2n) is 8.06. The quantitative estimate of drug-likeness (QED) is 0.605. The maximum atomic E-state index is 11.9. The van der Waals surface area contributed by atoms with Gasteiger partial charge in [0.1, 0.15) is 5.60 Å². The Bertz CT molecular complexity index is 475. The van der Waals surface area contributed by atoms with Gasteiger partial charge in [0.2, 0.25) is 0 Å². The molecule has 4 nitrogen and oxygen atoms in total. The predicted molar refractivity (Wildman–Crippen MR) is 83.1 cm³/mol. The Hall–Kier alpha value is -0.870. The van der Waals surface area contributed by atoms with Gasteiger partial charge >= 0.3 is 5.97 Å². The van der Waals surface area contributed by atoms with Crippen LogP contribution < -0.4 is 0 Å². The highest BCUT2D eigenvalue weighted by atomic mass is 16.6. The minimum absolute atomic E-state index is 0.321. The van der Waals surface area contributed by atoms with Crippen molar-refractivity contribution >= 4 is 5.97 Å². The fourth-order valence-electron chi connectivity index (χ4n) is 6.33. The smallest absolute Gasteiger partial charge is 0.330 e. The van der Waals surface area contributed by atoms with E-state index in [0.29, 0.717) is 38.0 Å². The van der Waals surface area contributed by atoms with E-state index in [9.17, 15) is 15.0 Å². The molecule has 4 aliphatic rings. The number of rotatable bonds is 5. The fourth-order valence-corrected chi connectivity index (χ4v) is 6.33. The van der Waals surface area contributed by atoms with Gasteiger partial charge in [-0.05, 0) is 50.9 Å². The monoisotopic (exact) mass is 308 g/mol. The van der Waals surface area contributed by atoms with Crippen LogP contribution in [0, 0.1) is 11.3 Å². The molecule has 0 aliphatic heterocycles. The lowest BCUT2D eigenvalue weighted by molar-refractivity contribution is -0.279. The van der Waals surface area contributed by atoms with Gasteiger partial charge in [-0.1, -0.05) is 20.4 Å². The van der Waals surface area contributed by atoms with Crippen LogP contribution in [-0.2, 0) is 9.53 Å². The second kappa shape index (κ2) is 4.81. The van der Waals surface area contributed by atoms with Gasteiger partial charge in [0.15, 0.2) is 0 Å². The summed E-state index contributed by atoms with van der Waals surface area (Å²) < 4.78 is 5.88. The molecule has 22 heavy (non-hydrogen) atoms. The van der Waals surface area contributed by atoms with Crippen molar-refractivity contribution in [2.75, 3.05) is 0 Å². The number of hydrogen-bond donors (Lipinski definition) is 2. The summed E-state index contributed by atoms with van der Waals surface area (Å²) in [6.45, 7) is 7.58. The average molecular weight is 308 g/mol. The largest absolute Gasteiger partial charge is 0.455 e. The van der Waals surface area contributed by atoms with Gasteiger partial charge in [0.25, 0.3) is 0 Å². The number of aliphatic hydroxyl groups is 2. The molecule has 2 unspecified atom stereocenters. The van der Waals surface area contributed by atoms with Crippen molar-refractivity contribution in [3.8, 4) is 0 Å². The summed E-state index contributed by atoms with van der Waals surface area (Å²) in [6, 6.07) is 0. The van der Waals surface area contributed by atoms with Crippen molar-refractivity contribution in [1.82, 2.24) is 0 Å². The SMILES string of the molecule is C=CC(=O)OC(CC)(CC)C12CC3CC(O)(CC(O)(C3)C1)C2. The molecule has 0 aromatic carbocycles. The maximum Gasteiger partial charge on any atom is 0.330 e. The predicted octanol–water partition coefficient (Wildman–Crippen LogP) is 2.72. The summed E-state index contributed by atoms with van der Waals surface area (Å²) in [5.74, 6) is -0.0791. The van der Waals surface area contributed by atoms with Crippen LogP contribution in [0.1, 0.15) is 65.2 Å². The number of carbonyl (C=O) groups is 1. The Kier molecular flexibility index (Phi) is 3.50. The van der Waals surface area contributed by atoms with Crippen molar-refractivity contribution in [1.29, 1.82) is 0 Å². The van der Waals surface area contributed by atoms with Gasteiger partial charge in [0, 0.05) is 17.9 Å². The third kappa shape index (κ3) is 2.15. The standard InChI is InChI=1S/C18H28O4/c1-4-14(19)22-18(5-2,6-3)15-7-13-8-16(20,10-15)12-17(21,9-13)11-15/h4,13,20-21H,1,5-12H2,2-3H3. The Morgan fingerprint density at radius 3 is 2.14 bits per heavy atom. The zero-order valence-corrected chi connectivity index (χ0v) is 13.7. The first-order valence-corrected chi connectivity index (χ1v) is 8.53. The van der Waals surface area contributed by atoms with Crippen molar-refractivity contribution in [2.45, 2.75) is 82.0 Å². The number of esters is 1. The molecule has 0 aromatic rings. The summed E-state index contributed by atoms with van der Waals surface area (Å²) in [4.78, 5) is 11.9. The van der Waals surface area contributed by atoms with Crippen molar-refractivity contribution in [3.05, 3.63) is 12.7 Å². The van der Waals surface area contributed by atoms with Crippen molar-refractivity contribution < 1.29 is 19.7 Å². The minimum Gasteiger partial charge on any atom is -0.455 e. The number of carbonyl (C=O) groups excluding carboxylic acids is 1. The lowest BCUT2D eigenvalue weighted by atomic mass is 9.42. The molecular weight excluding hydrogens is 280 g/mol. The van der Waals surface area contributed by atoms with Crippen LogP contribution in [0.3, 0.4) is 0 Å². The molecule has 2 N–H and O–H groups in total. The topological polar surface area (TPSA) is 66.8 Å². The summed E-state index contributed by atoms with van der Waals surface area (Å²) >= 11 is 0. The van der Waals surface area contributed by atoms with E-state index in [2.05, 4.69) is 6.58 Å². The summed E-state index contributed by atoms with van der Waals surface area (Å²) in [5.41, 5.74) is -2.55. The second-order valence-corrected chi connectivity index (χ2v) is 8.06. The molecule has 4 heteroatoms. The highest BCUT2D eigenvalue weighted by Gasteiger charge is 2.68. The summed E-state index contributed by atoms with van der Waals surface area (Å²) in [7, 11) is 0. The molecule has 4 fully saturated rings. The van der Waals surface area contributed by atoms with Gasteiger partial charge in [-0.2, -0.15) is 0 Å². The Morgan fingerprint density at radius 1 is 1.18 bits per heavy atom. The molecule has 4 rings (SSSR count). The lowest BCUT2D eigenvalue weighted by Crippen LogP contribution is -2.69.